The largest absolute Gasteiger partial charge is 0.463 e. The summed E-state index contributed by atoms with van der Waals surface area (Å²) in [5, 5.41) is 0. The van der Waals surface area contributed by atoms with Crippen molar-refractivity contribution in [3.8, 4) is 0 Å². The fourth-order valence-electron chi connectivity index (χ4n) is 1.86. The molecule has 0 heterocycles. The second-order valence-corrected chi connectivity index (χ2v) is 4.99. The summed E-state index contributed by atoms with van der Waals surface area (Å²) in [5.74, 6) is -0.232. The molecule has 0 radical (unpaired) electrons. The molecule has 4 heteroatoms. The lowest BCUT2D eigenvalue weighted by molar-refractivity contribution is -0.151. The average Bonchev–Trinajstić information content (AvgIpc) is 2.50. The molecule has 0 aliphatic carbocycles. The smallest absolute Gasteiger partial charge is 0.310 e. The first-order chi connectivity index (χ1) is 10.2. The molecule has 21 heavy (non-hydrogen) atoms. The van der Waals surface area contributed by atoms with Crippen LogP contribution in [-0.2, 0) is 31.8 Å². The van der Waals surface area contributed by atoms with Crippen LogP contribution in [0.1, 0.15) is 37.8 Å². The molecule has 0 aliphatic rings. The van der Waals surface area contributed by atoms with Crippen molar-refractivity contribution in [3.05, 3.63) is 35.4 Å². The van der Waals surface area contributed by atoms with Gasteiger partial charge >= 0.3 is 5.97 Å². The number of ether oxygens (including phenoxy) is 3. The van der Waals surface area contributed by atoms with E-state index in [1.165, 1.54) is 18.4 Å². The van der Waals surface area contributed by atoms with Gasteiger partial charge in [-0.1, -0.05) is 37.6 Å². The van der Waals surface area contributed by atoms with Crippen molar-refractivity contribution in [2.45, 2.75) is 45.8 Å². The van der Waals surface area contributed by atoms with E-state index in [0.717, 1.165) is 12.0 Å². The molecule has 0 bridgehead atoms. The molecule has 0 aromatic heterocycles. The van der Waals surface area contributed by atoms with E-state index in [2.05, 4.69) is 19.1 Å². The maximum atomic E-state index is 11.7. The average molecular weight is 294 g/mol. The van der Waals surface area contributed by atoms with Crippen molar-refractivity contribution in [1.29, 1.82) is 0 Å². The zero-order chi connectivity index (χ0) is 15.5. The van der Waals surface area contributed by atoms with Crippen LogP contribution in [-0.4, -0.2) is 32.6 Å². The number of rotatable bonds is 10. The highest BCUT2D eigenvalue weighted by Crippen LogP contribution is 2.09. The summed E-state index contributed by atoms with van der Waals surface area (Å²) in [7, 11) is 1.57. The lowest BCUT2D eigenvalue weighted by atomic mass is 10.1. The van der Waals surface area contributed by atoms with Crippen molar-refractivity contribution < 1.29 is 19.0 Å². The van der Waals surface area contributed by atoms with Crippen LogP contribution >= 0.6 is 0 Å². The number of hydrogen-bond acceptors (Lipinski definition) is 4. The number of unbranched alkanes of at least 4 members (excludes halogenated alkanes) is 1. The summed E-state index contributed by atoms with van der Waals surface area (Å²) in [5.41, 5.74) is 2.29. The Morgan fingerprint density at radius 2 is 1.81 bits per heavy atom. The number of carbonyl (C=O) groups excluding carboxylic acids is 1. The van der Waals surface area contributed by atoms with Crippen molar-refractivity contribution in [3.63, 3.8) is 0 Å². The molecule has 0 saturated heterocycles. The van der Waals surface area contributed by atoms with Gasteiger partial charge in [-0.25, -0.2) is 0 Å². The minimum absolute atomic E-state index is 0.232. The molecule has 0 fully saturated rings. The van der Waals surface area contributed by atoms with Gasteiger partial charge in [-0.2, -0.15) is 0 Å². The molecule has 1 atom stereocenters. The van der Waals surface area contributed by atoms with Crippen molar-refractivity contribution >= 4 is 5.97 Å². The van der Waals surface area contributed by atoms with E-state index >= 15 is 0 Å². The molecule has 1 rings (SSSR count). The van der Waals surface area contributed by atoms with Crippen LogP contribution in [0.5, 0.6) is 0 Å². The number of hydrogen-bond donors (Lipinski definition) is 0. The van der Waals surface area contributed by atoms with Gasteiger partial charge in [0.25, 0.3) is 0 Å². The lowest BCUT2D eigenvalue weighted by Crippen LogP contribution is -2.17. The monoisotopic (exact) mass is 294 g/mol. The molecule has 0 amide bonds. The van der Waals surface area contributed by atoms with Crippen LogP contribution in [0, 0.1) is 0 Å². The van der Waals surface area contributed by atoms with Crippen LogP contribution in [0.3, 0.4) is 0 Å². The highest BCUT2D eigenvalue weighted by molar-refractivity contribution is 5.72. The van der Waals surface area contributed by atoms with Crippen molar-refractivity contribution in [2.75, 3.05) is 20.3 Å². The first-order valence-electron chi connectivity index (χ1n) is 7.53. The van der Waals surface area contributed by atoms with Gasteiger partial charge in [0.2, 0.25) is 0 Å². The maximum absolute atomic E-state index is 11.7. The second-order valence-electron chi connectivity index (χ2n) is 4.99. The number of carbonyl (C=O) groups is 1. The van der Waals surface area contributed by atoms with E-state index in [0.29, 0.717) is 13.0 Å². The second kappa shape index (κ2) is 10.4. The van der Waals surface area contributed by atoms with Crippen molar-refractivity contribution in [2.24, 2.45) is 0 Å². The lowest BCUT2D eigenvalue weighted by Gasteiger charge is -2.11. The number of benzene rings is 1. The molecular formula is C17H26O4. The summed E-state index contributed by atoms with van der Waals surface area (Å²) < 4.78 is 15.3. The maximum Gasteiger partial charge on any atom is 0.310 e. The van der Waals surface area contributed by atoms with Gasteiger partial charge in [0, 0.05) is 7.11 Å². The molecule has 1 aromatic carbocycles. The van der Waals surface area contributed by atoms with Gasteiger partial charge in [-0.05, 0) is 30.9 Å². The highest BCUT2D eigenvalue weighted by Gasteiger charge is 2.06. The molecule has 118 valence electrons. The Morgan fingerprint density at radius 3 is 2.43 bits per heavy atom. The predicted molar refractivity (Wildman–Crippen MR) is 82.1 cm³/mol. The van der Waals surface area contributed by atoms with Crippen LogP contribution < -0.4 is 0 Å². The Bertz CT molecular complexity index is 400. The van der Waals surface area contributed by atoms with Gasteiger partial charge in [0.15, 0.2) is 6.29 Å². The molecule has 0 N–H and O–H groups in total. The summed E-state index contributed by atoms with van der Waals surface area (Å²) in [6.07, 6.45) is 3.50. The standard InChI is InChI=1S/C17H26O4/c1-4-5-6-15-7-9-16(10-8-15)13-17(18)21-12-11-20-14(2)19-3/h7-10,14H,4-6,11-13H2,1-3H3. The quantitative estimate of drug-likeness (QED) is 0.378. The molecule has 0 spiro atoms. The predicted octanol–water partition coefficient (Wildman–Crippen LogP) is 3.12. The molecular weight excluding hydrogens is 268 g/mol. The van der Waals surface area contributed by atoms with Crippen LogP contribution in [0.25, 0.3) is 0 Å². The SMILES string of the molecule is CCCCc1ccc(CC(=O)OCCOC(C)OC)cc1. The Morgan fingerprint density at radius 1 is 1.14 bits per heavy atom. The van der Waals surface area contributed by atoms with E-state index in [9.17, 15) is 4.79 Å². The van der Waals surface area contributed by atoms with Crippen LogP contribution in [0.4, 0.5) is 0 Å². The van der Waals surface area contributed by atoms with Gasteiger partial charge in [-0.15, -0.1) is 0 Å². The minimum atomic E-state index is -0.278. The highest BCUT2D eigenvalue weighted by atomic mass is 16.7. The third-order valence-electron chi connectivity index (χ3n) is 3.22. The van der Waals surface area contributed by atoms with E-state index in [4.69, 9.17) is 14.2 Å². The van der Waals surface area contributed by atoms with E-state index < -0.39 is 0 Å². The first kappa shape index (κ1) is 17.7. The molecule has 0 saturated carbocycles. The van der Waals surface area contributed by atoms with Crippen LogP contribution in [0.2, 0.25) is 0 Å². The van der Waals surface area contributed by atoms with Crippen molar-refractivity contribution in [1.82, 2.24) is 0 Å². The fraction of sp³-hybridized carbons (Fsp3) is 0.588. The zero-order valence-corrected chi connectivity index (χ0v) is 13.3. The van der Waals surface area contributed by atoms with Crippen LogP contribution in [0.15, 0.2) is 24.3 Å². The zero-order valence-electron chi connectivity index (χ0n) is 13.3. The summed E-state index contributed by atoms with van der Waals surface area (Å²) in [6.45, 7) is 4.57. The summed E-state index contributed by atoms with van der Waals surface area (Å²) in [6, 6.07) is 8.16. The topological polar surface area (TPSA) is 44.8 Å². The number of methoxy groups -OCH3 is 1. The third-order valence-corrected chi connectivity index (χ3v) is 3.22. The van der Waals surface area contributed by atoms with E-state index in [-0.39, 0.29) is 18.9 Å². The van der Waals surface area contributed by atoms with Gasteiger partial charge in [0.1, 0.15) is 6.61 Å². The van der Waals surface area contributed by atoms with E-state index in [1.54, 1.807) is 14.0 Å². The Hall–Kier alpha value is -1.39. The van der Waals surface area contributed by atoms with Gasteiger partial charge in [0.05, 0.1) is 13.0 Å². The van der Waals surface area contributed by atoms with Gasteiger partial charge < -0.3 is 14.2 Å². The number of aryl methyl sites for hydroxylation is 1. The van der Waals surface area contributed by atoms with Gasteiger partial charge in [-0.3, -0.25) is 4.79 Å². The Labute approximate surface area is 127 Å². The number of esters is 1. The molecule has 1 aromatic rings. The first-order valence-corrected chi connectivity index (χ1v) is 7.53. The normalized spacial score (nSPS) is 12.1. The summed E-state index contributed by atoms with van der Waals surface area (Å²) in [4.78, 5) is 11.7. The third kappa shape index (κ3) is 7.83. The Balaban J connectivity index is 2.24. The van der Waals surface area contributed by atoms with E-state index in [1.807, 2.05) is 12.1 Å². The molecule has 1 unspecified atom stereocenters. The molecule has 4 nitrogen and oxygen atoms in total. The fourth-order valence-corrected chi connectivity index (χ4v) is 1.86. The Kier molecular flexibility index (Phi) is 8.71. The minimum Gasteiger partial charge on any atom is -0.463 e. The summed E-state index contributed by atoms with van der Waals surface area (Å²) >= 11 is 0. The molecule has 0 aliphatic heterocycles.